The van der Waals surface area contributed by atoms with E-state index in [1.807, 2.05) is 25.3 Å². The summed E-state index contributed by atoms with van der Waals surface area (Å²) in [5.74, 6) is 1.61. The minimum atomic E-state index is -4.31. The van der Waals surface area contributed by atoms with Crippen molar-refractivity contribution in [2.24, 2.45) is 4.99 Å². The van der Waals surface area contributed by atoms with Gasteiger partial charge in [-0.1, -0.05) is 36.4 Å². The number of halogens is 3. The van der Waals surface area contributed by atoms with Crippen LogP contribution in [-0.4, -0.2) is 29.1 Å². The molecule has 2 N–H and O–H groups in total. The van der Waals surface area contributed by atoms with Crippen LogP contribution in [0.15, 0.2) is 65.9 Å². The number of nitrogens with zero attached hydrogens (tertiary/aromatic N) is 3. The van der Waals surface area contributed by atoms with Gasteiger partial charge in [0.25, 0.3) is 0 Å². The van der Waals surface area contributed by atoms with Gasteiger partial charge in [-0.3, -0.25) is 4.99 Å². The van der Waals surface area contributed by atoms with Gasteiger partial charge < -0.3 is 15.2 Å². The number of aryl methyl sites for hydroxylation is 1. The minimum absolute atomic E-state index is 0.560. The number of aliphatic imine (C=N–C) groups is 1. The number of guanidine groups is 1. The molecule has 31 heavy (non-hydrogen) atoms. The first kappa shape index (κ1) is 22.4. The Balaban J connectivity index is 1.47. The van der Waals surface area contributed by atoms with E-state index < -0.39 is 11.7 Å². The summed E-state index contributed by atoms with van der Waals surface area (Å²) in [6.07, 6.45) is 0.0416. The maximum Gasteiger partial charge on any atom is 0.416 e. The van der Waals surface area contributed by atoms with Crippen molar-refractivity contribution in [3.63, 3.8) is 0 Å². The van der Waals surface area contributed by atoms with Gasteiger partial charge in [0, 0.05) is 39.1 Å². The average Bonchev–Trinajstić information content (AvgIpc) is 3.15. The van der Waals surface area contributed by atoms with Gasteiger partial charge >= 0.3 is 6.18 Å². The van der Waals surface area contributed by atoms with Gasteiger partial charge in [-0.05, 0) is 42.2 Å². The highest BCUT2D eigenvalue weighted by molar-refractivity contribution is 5.79. The summed E-state index contributed by atoms with van der Waals surface area (Å²) in [5.41, 5.74) is 2.51. The Kier molecular flexibility index (Phi) is 7.33. The molecule has 0 spiro atoms. The number of hydrogen-bond acceptors (Lipinski definition) is 2. The molecule has 1 heterocycles. The van der Waals surface area contributed by atoms with Gasteiger partial charge in [-0.2, -0.15) is 13.2 Å². The molecule has 5 nitrogen and oxygen atoms in total. The molecule has 3 rings (SSSR count). The summed E-state index contributed by atoms with van der Waals surface area (Å²) in [6, 6.07) is 13.5. The van der Waals surface area contributed by atoms with Gasteiger partial charge in [0.1, 0.15) is 5.82 Å². The first-order valence-electron chi connectivity index (χ1n) is 10.0. The van der Waals surface area contributed by atoms with Crippen LogP contribution in [0.3, 0.4) is 0 Å². The topological polar surface area (TPSA) is 54.2 Å². The molecule has 0 bridgehead atoms. The van der Waals surface area contributed by atoms with Crippen molar-refractivity contribution in [1.29, 1.82) is 0 Å². The van der Waals surface area contributed by atoms with Gasteiger partial charge in [0.2, 0.25) is 0 Å². The second-order valence-corrected chi connectivity index (χ2v) is 7.22. The molecule has 0 aliphatic heterocycles. The Hall–Kier alpha value is -3.29. The van der Waals surface area contributed by atoms with E-state index in [0.717, 1.165) is 35.6 Å². The molecule has 2 aromatic carbocycles. The maximum atomic E-state index is 12.6. The van der Waals surface area contributed by atoms with Crippen LogP contribution in [-0.2, 0) is 25.7 Å². The van der Waals surface area contributed by atoms with E-state index in [1.54, 1.807) is 13.2 Å². The zero-order valence-corrected chi connectivity index (χ0v) is 17.6. The Morgan fingerprint density at radius 2 is 1.77 bits per heavy atom. The van der Waals surface area contributed by atoms with Crippen molar-refractivity contribution in [2.45, 2.75) is 32.6 Å². The van der Waals surface area contributed by atoms with E-state index in [9.17, 15) is 13.2 Å². The number of nitrogens with one attached hydrogen (secondary N) is 2. The quantitative estimate of drug-likeness (QED) is 0.438. The molecule has 8 heteroatoms. The number of hydrogen-bond donors (Lipinski definition) is 2. The van der Waals surface area contributed by atoms with E-state index in [2.05, 4.69) is 37.3 Å². The molecule has 0 aliphatic carbocycles. The summed E-state index contributed by atoms with van der Waals surface area (Å²) >= 11 is 0. The summed E-state index contributed by atoms with van der Waals surface area (Å²) in [5, 5.41) is 6.47. The van der Waals surface area contributed by atoms with Crippen LogP contribution in [0.25, 0.3) is 0 Å². The van der Waals surface area contributed by atoms with Crippen molar-refractivity contribution >= 4 is 5.96 Å². The first-order valence-corrected chi connectivity index (χ1v) is 10.0. The summed E-state index contributed by atoms with van der Waals surface area (Å²) in [6.45, 7) is 3.91. The number of aromatic nitrogens is 2. The molecule has 1 aromatic heterocycles. The van der Waals surface area contributed by atoms with Crippen molar-refractivity contribution in [2.75, 3.05) is 13.6 Å². The lowest BCUT2D eigenvalue weighted by Crippen LogP contribution is -2.37. The average molecular weight is 429 g/mol. The van der Waals surface area contributed by atoms with Crippen LogP contribution in [0.2, 0.25) is 0 Å². The summed E-state index contributed by atoms with van der Waals surface area (Å²) in [7, 11) is 1.69. The van der Waals surface area contributed by atoms with Crippen LogP contribution in [0.1, 0.15) is 28.1 Å². The van der Waals surface area contributed by atoms with Gasteiger partial charge in [0.15, 0.2) is 5.96 Å². The fraction of sp³-hybridized carbons (Fsp3) is 0.304. The van der Waals surface area contributed by atoms with Crippen LogP contribution in [0, 0.1) is 6.92 Å². The largest absolute Gasteiger partial charge is 0.416 e. The third kappa shape index (κ3) is 6.60. The van der Waals surface area contributed by atoms with Crippen molar-refractivity contribution in [3.8, 4) is 0 Å². The third-order valence-corrected chi connectivity index (χ3v) is 4.94. The number of benzene rings is 2. The van der Waals surface area contributed by atoms with E-state index in [-0.39, 0.29) is 0 Å². The number of imidazole rings is 1. The second-order valence-electron chi connectivity index (χ2n) is 7.22. The molecule has 164 valence electrons. The van der Waals surface area contributed by atoms with Crippen LogP contribution in [0.5, 0.6) is 0 Å². The molecule has 0 atom stereocenters. The summed E-state index contributed by atoms with van der Waals surface area (Å²) in [4.78, 5) is 8.46. The van der Waals surface area contributed by atoms with Crippen LogP contribution < -0.4 is 10.6 Å². The Morgan fingerprint density at radius 3 is 2.42 bits per heavy atom. The van der Waals surface area contributed by atoms with E-state index >= 15 is 0 Å². The lowest BCUT2D eigenvalue weighted by Gasteiger charge is -2.13. The zero-order valence-electron chi connectivity index (χ0n) is 17.6. The third-order valence-electron chi connectivity index (χ3n) is 4.94. The molecule has 0 saturated carbocycles. The molecule has 0 saturated heterocycles. The van der Waals surface area contributed by atoms with Crippen molar-refractivity contribution in [3.05, 3.63) is 89.0 Å². The van der Waals surface area contributed by atoms with Crippen molar-refractivity contribution in [1.82, 2.24) is 20.2 Å². The first-order chi connectivity index (χ1) is 14.8. The van der Waals surface area contributed by atoms with Crippen molar-refractivity contribution < 1.29 is 13.2 Å². The second kappa shape index (κ2) is 10.1. The lowest BCUT2D eigenvalue weighted by molar-refractivity contribution is -0.137. The van der Waals surface area contributed by atoms with E-state index in [0.29, 0.717) is 25.5 Å². The highest BCUT2D eigenvalue weighted by atomic mass is 19.4. The molecule has 0 fully saturated rings. The molecule has 0 aliphatic rings. The summed E-state index contributed by atoms with van der Waals surface area (Å²) < 4.78 is 40.0. The SMILES string of the molecule is CN=C(NCCc1ccc(C(F)(F)F)cc1)NCc1cccc(Cn2ccnc2C)c1. The molecular weight excluding hydrogens is 403 g/mol. The standard InChI is InChI=1S/C23H26F3N5/c1-17-28-12-13-31(17)16-20-5-3-4-19(14-20)15-30-22(27-2)29-11-10-18-6-8-21(9-7-18)23(24,25)26/h3-9,12-14H,10-11,15-16H2,1-2H3,(H2,27,29,30). The highest BCUT2D eigenvalue weighted by Crippen LogP contribution is 2.29. The Morgan fingerprint density at radius 1 is 1.03 bits per heavy atom. The Labute approximate surface area is 180 Å². The normalized spacial score (nSPS) is 12.1. The predicted octanol–water partition coefficient (Wildman–Crippen LogP) is 4.17. The Bertz CT molecular complexity index is 1010. The lowest BCUT2D eigenvalue weighted by atomic mass is 10.1. The van der Waals surface area contributed by atoms with Gasteiger partial charge in [0.05, 0.1) is 5.56 Å². The predicted molar refractivity (Wildman–Crippen MR) is 116 cm³/mol. The fourth-order valence-corrected chi connectivity index (χ4v) is 3.20. The van der Waals surface area contributed by atoms with E-state index in [1.165, 1.54) is 17.7 Å². The molecule has 3 aromatic rings. The van der Waals surface area contributed by atoms with Crippen LogP contribution in [0.4, 0.5) is 13.2 Å². The molecular formula is C23H26F3N5. The molecule has 0 radical (unpaired) electrons. The minimum Gasteiger partial charge on any atom is -0.356 e. The van der Waals surface area contributed by atoms with E-state index in [4.69, 9.17) is 0 Å². The smallest absolute Gasteiger partial charge is 0.356 e. The monoisotopic (exact) mass is 429 g/mol. The van der Waals surface area contributed by atoms with Gasteiger partial charge in [-0.15, -0.1) is 0 Å². The van der Waals surface area contributed by atoms with Gasteiger partial charge in [-0.25, -0.2) is 4.98 Å². The zero-order chi connectivity index (χ0) is 22.3. The van der Waals surface area contributed by atoms with Crippen LogP contribution >= 0.6 is 0 Å². The molecule has 0 amide bonds. The maximum absolute atomic E-state index is 12.6. The highest BCUT2D eigenvalue weighted by Gasteiger charge is 2.29. The number of rotatable bonds is 7. The molecule has 0 unspecified atom stereocenters. The number of alkyl halides is 3. The fourth-order valence-electron chi connectivity index (χ4n) is 3.20.